The Balaban J connectivity index is 2.91. The van der Waals surface area contributed by atoms with Gasteiger partial charge >= 0.3 is 0 Å². The Kier molecular flexibility index (Phi) is 8.38. The fraction of sp³-hybridized carbons (Fsp3) is 0.633. The molecule has 4 heteroatoms. The summed E-state index contributed by atoms with van der Waals surface area (Å²) < 4.78 is 0. The average Bonchev–Trinajstić information content (AvgIpc) is 2.71. The molecular formula is C30H44O4. The van der Waals surface area contributed by atoms with Crippen molar-refractivity contribution in [1.29, 1.82) is 0 Å². The van der Waals surface area contributed by atoms with Crippen LogP contribution in [0, 0.1) is 28.1 Å². The molecule has 0 aliphatic heterocycles. The van der Waals surface area contributed by atoms with Crippen molar-refractivity contribution in [3.05, 3.63) is 46.8 Å². The first kappa shape index (κ1) is 28.0. The van der Waals surface area contributed by atoms with Gasteiger partial charge in [0, 0.05) is 12.0 Å². The van der Waals surface area contributed by atoms with E-state index in [0.717, 1.165) is 11.1 Å². The Labute approximate surface area is 206 Å². The molecule has 2 bridgehead atoms. The van der Waals surface area contributed by atoms with Crippen LogP contribution >= 0.6 is 0 Å². The highest BCUT2D eigenvalue weighted by Gasteiger charge is 2.74. The summed E-state index contributed by atoms with van der Waals surface area (Å²) in [5, 5.41) is 11.1. The molecular weight excluding hydrogens is 424 g/mol. The lowest BCUT2D eigenvalue weighted by molar-refractivity contribution is -0.179. The average molecular weight is 469 g/mol. The fourth-order valence-corrected chi connectivity index (χ4v) is 6.03. The standard InChI is InChI=1S/C30H44O4/c1-19(2)11-10-15-28(9)23(13-12-20(3)4)18-29(16-14-21(5)6)24(31)17-25(32)30(28,27(29)34)26(33)22(7)8/h11-12,14,17,22-23,31H,10,13,15-16,18H2,1-9H3/t23-,28+,29+,30+/m0/s1. The zero-order valence-electron chi connectivity index (χ0n) is 22.7. The normalized spacial score (nSPS) is 30.5. The van der Waals surface area contributed by atoms with Crippen LogP contribution < -0.4 is 0 Å². The zero-order chi connectivity index (χ0) is 26.1. The first-order valence-corrected chi connectivity index (χ1v) is 12.6. The highest BCUT2D eigenvalue weighted by atomic mass is 16.3. The third kappa shape index (κ3) is 4.53. The van der Waals surface area contributed by atoms with Crippen LogP contribution in [0.25, 0.3) is 0 Å². The van der Waals surface area contributed by atoms with Crippen LogP contribution in [0.4, 0.5) is 0 Å². The summed E-state index contributed by atoms with van der Waals surface area (Å²) in [7, 11) is 0. The van der Waals surface area contributed by atoms with Crippen molar-refractivity contribution in [2.45, 2.75) is 94.4 Å². The van der Waals surface area contributed by atoms with Gasteiger partial charge in [-0.05, 0) is 85.0 Å². The Morgan fingerprint density at radius 1 is 1.03 bits per heavy atom. The summed E-state index contributed by atoms with van der Waals surface area (Å²) >= 11 is 0. The second-order valence-corrected chi connectivity index (χ2v) is 11.7. The third-order valence-corrected chi connectivity index (χ3v) is 8.04. The van der Waals surface area contributed by atoms with Crippen molar-refractivity contribution in [2.75, 3.05) is 0 Å². The molecule has 188 valence electrons. The summed E-state index contributed by atoms with van der Waals surface area (Å²) in [6.45, 7) is 17.5. The van der Waals surface area contributed by atoms with E-state index in [2.05, 4.69) is 12.2 Å². The predicted octanol–water partition coefficient (Wildman–Crippen LogP) is 7.26. The molecule has 4 nitrogen and oxygen atoms in total. The van der Waals surface area contributed by atoms with Gasteiger partial charge in [0.25, 0.3) is 0 Å². The Morgan fingerprint density at radius 2 is 1.59 bits per heavy atom. The number of rotatable bonds is 9. The number of allylic oxidation sites excluding steroid dienone is 8. The number of aliphatic hydroxyl groups excluding tert-OH is 1. The van der Waals surface area contributed by atoms with Crippen LogP contribution in [-0.4, -0.2) is 22.5 Å². The Hall–Kier alpha value is -2.23. The number of hydrogen-bond acceptors (Lipinski definition) is 4. The number of ketones is 3. The first-order valence-electron chi connectivity index (χ1n) is 12.6. The highest BCUT2D eigenvalue weighted by molar-refractivity contribution is 6.32. The topological polar surface area (TPSA) is 71.4 Å². The van der Waals surface area contributed by atoms with Gasteiger partial charge in [-0.1, -0.05) is 55.7 Å². The molecule has 4 atom stereocenters. The second kappa shape index (κ2) is 10.2. The largest absolute Gasteiger partial charge is 0.511 e. The lowest BCUT2D eigenvalue weighted by atomic mass is 9.39. The van der Waals surface area contributed by atoms with E-state index in [-0.39, 0.29) is 17.5 Å². The van der Waals surface area contributed by atoms with Crippen LogP contribution in [0.15, 0.2) is 46.8 Å². The quantitative estimate of drug-likeness (QED) is 0.285. The summed E-state index contributed by atoms with van der Waals surface area (Å²) in [6, 6.07) is 0. The van der Waals surface area contributed by atoms with E-state index in [1.54, 1.807) is 13.8 Å². The smallest absolute Gasteiger partial charge is 0.180 e. The number of fused-ring (bicyclic) bond motifs is 2. The van der Waals surface area contributed by atoms with Crippen LogP contribution in [0.2, 0.25) is 0 Å². The van der Waals surface area contributed by atoms with E-state index in [4.69, 9.17) is 0 Å². The lowest BCUT2D eigenvalue weighted by Crippen LogP contribution is -2.70. The number of Topliss-reactive ketones (excluding diaryl/α,β-unsaturated/α-hetero) is 2. The number of carbonyl (C=O) groups is 3. The summed E-state index contributed by atoms with van der Waals surface area (Å²) in [6.07, 6.45) is 10.0. The van der Waals surface area contributed by atoms with Crippen LogP contribution in [0.5, 0.6) is 0 Å². The SMILES string of the molecule is CC(C)=CCC[C@]1(C)[C@@H](CC=C(C)C)C[C@@]2(CC=C(C)C)C(=O)[C@]1(C(=O)C(C)C)C(=O)C=C2O. The minimum Gasteiger partial charge on any atom is -0.511 e. The summed E-state index contributed by atoms with van der Waals surface area (Å²) in [5.41, 5.74) is -0.525. The molecule has 0 heterocycles. The Bertz CT molecular complexity index is 964. The van der Waals surface area contributed by atoms with Gasteiger partial charge in [0.2, 0.25) is 0 Å². The van der Waals surface area contributed by atoms with Crippen LogP contribution in [0.1, 0.15) is 94.4 Å². The molecule has 0 aromatic carbocycles. The summed E-state index contributed by atoms with van der Waals surface area (Å²) in [4.78, 5) is 42.4. The molecule has 0 spiro atoms. The van der Waals surface area contributed by atoms with Gasteiger partial charge in [0.05, 0.1) is 5.41 Å². The van der Waals surface area contributed by atoms with Gasteiger partial charge in [-0.15, -0.1) is 0 Å². The van der Waals surface area contributed by atoms with E-state index in [0.29, 0.717) is 32.1 Å². The van der Waals surface area contributed by atoms with Gasteiger partial charge in [-0.25, -0.2) is 0 Å². The minimum absolute atomic E-state index is 0.112. The first-order chi connectivity index (χ1) is 15.7. The molecule has 1 fully saturated rings. The predicted molar refractivity (Wildman–Crippen MR) is 138 cm³/mol. The van der Waals surface area contributed by atoms with E-state index < -0.39 is 33.7 Å². The maximum Gasteiger partial charge on any atom is 0.180 e. The molecule has 2 aliphatic carbocycles. The molecule has 0 aromatic heterocycles. The van der Waals surface area contributed by atoms with Gasteiger partial charge in [-0.3, -0.25) is 14.4 Å². The monoisotopic (exact) mass is 468 g/mol. The Morgan fingerprint density at radius 3 is 2.09 bits per heavy atom. The van der Waals surface area contributed by atoms with Crippen molar-refractivity contribution >= 4 is 17.3 Å². The van der Waals surface area contributed by atoms with Crippen molar-refractivity contribution in [2.24, 2.45) is 28.1 Å². The maximum atomic E-state index is 14.5. The molecule has 1 saturated carbocycles. The highest BCUT2D eigenvalue weighted by Crippen LogP contribution is 2.66. The maximum absolute atomic E-state index is 14.5. The van der Waals surface area contributed by atoms with Crippen molar-refractivity contribution in [3.8, 4) is 0 Å². The number of carbonyl (C=O) groups excluding carboxylic acids is 3. The van der Waals surface area contributed by atoms with Gasteiger partial charge in [0.15, 0.2) is 22.8 Å². The molecule has 0 unspecified atom stereocenters. The van der Waals surface area contributed by atoms with E-state index >= 15 is 0 Å². The van der Waals surface area contributed by atoms with Gasteiger partial charge in [0.1, 0.15) is 5.76 Å². The van der Waals surface area contributed by atoms with Crippen molar-refractivity contribution in [3.63, 3.8) is 0 Å². The molecule has 0 aromatic rings. The zero-order valence-corrected chi connectivity index (χ0v) is 22.7. The molecule has 2 aliphatic rings. The minimum atomic E-state index is -1.78. The lowest BCUT2D eigenvalue weighted by Gasteiger charge is -2.60. The molecule has 0 radical (unpaired) electrons. The molecule has 2 rings (SSSR count). The second-order valence-electron chi connectivity index (χ2n) is 11.7. The number of hydrogen-bond donors (Lipinski definition) is 1. The van der Waals surface area contributed by atoms with Crippen molar-refractivity contribution < 1.29 is 19.5 Å². The van der Waals surface area contributed by atoms with Gasteiger partial charge < -0.3 is 5.11 Å². The molecule has 0 saturated heterocycles. The van der Waals surface area contributed by atoms with E-state index in [1.165, 1.54) is 11.6 Å². The van der Waals surface area contributed by atoms with Gasteiger partial charge in [-0.2, -0.15) is 0 Å². The van der Waals surface area contributed by atoms with E-state index in [9.17, 15) is 19.5 Å². The van der Waals surface area contributed by atoms with E-state index in [1.807, 2.05) is 54.5 Å². The van der Waals surface area contributed by atoms with Crippen LogP contribution in [0.3, 0.4) is 0 Å². The van der Waals surface area contributed by atoms with Crippen molar-refractivity contribution in [1.82, 2.24) is 0 Å². The molecule has 0 amide bonds. The summed E-state index contributed by atoms with van der Waals surface area (Å²) in [5.74, 6) is -2.01. The molecule has 34 heavy (non-hydrogen) atoms. The number of aliphatic hydroxyl groups is 1. The molecule has 1 N–H and O–H groups in total. The third-order valence-electron chi connectivity index (χ3n) is 8.04. The fourth-order valence-electron chi connectivity index (χ4n) is 6.03. The van der Waals surface area contributed by atoms with Crippen LogP contribution in [-0.2, 0) is 14.4 Å².